The van der Waals surface area contributed by atoms with E-state index in [1.165, 1.54) is 32.7 Å². The van der Waals surface area contributed by atoms with Gasteiger partial charge < -0.3 is 19.5 Å². The smallest absolute Gasteiger partial charge is 0.356 e. The number of carbonyl (C=O) groups is 2. The van der Waals surface area contributed by atoms with E-state index < -0.39 is 21.9 Å². The molecule has 0 fully saturated rings. The highest BCUT2D eigenvalue weighted by atomic mass is 32.2. The van der Waals surface area contributed by atoms with Crippen LogP contribution in [-0.2, 0) is 20.2 Å². The van der Waals surface area contributed by atoms with E-state index >= 15 is 0 Å². The monoisotopic (exact) mass is 542 g/mol. The topological polar surface area (TPSA) is 146 Å². The molecule has 202 valence electrons. The van der Waals surface area contributed by atoms with Crippen LogP contribution in [0.15, 0.2) is 42.7 Å². The van der Waals surface area contributed by atoms with Gasteiger partial charge in [0.25, 0.3) is 5.91 Å². The minimum Gasteiger partial charge on any atom is -0.492 e. The quantitative estimate of drug-likeness (QED) is 0.398. The van der Waals surface area contributed by atoms with Gasteiger partial charge in [-0.2, -0.15) is 0 Å². The SMILES string of the molecule is COC(=O)c1cc(Oc2cc(C(=O)Nc3cc(C(C)(C)C)cc(NS(C)(=O)=O)c3OC)ccc2C)ncn1. The highest BCUT2D eigenvalue weighted by Gasteiger charge is 2.23. The molecule has 0 radical (unpaired) electrons. The third-order valence-electron chi connectivity index (χ3n) is 5.40. The maximum Gasteiger partial charge on any atom is 0.356 e. The second kappa shape index (κ2) is 11.1. The van der Waals surface area contributed by atoms with Crippen molar-refractivity contribution in [2.75, 3.05) is 30.5 Å². The Morgan fingerprint density at radius 3 is 2.26 bits per heavy atom. The molecule has 38 heavy (non-hydrogen) atoms. The van der Waals surface area contributed by atoms with Gasteiger partial charge in [0, 0.05) is 11.6 Å². The van der Waals surface area contributed by atoms with Crippen LogP contribution in [-0.4, -0.2) is 50.7 Å². The number of amides is 1. The molecule has 1 aromatic heterocycles. The highest BCUT2D eigenvalue weighted by Crippen LogP contribution is 2.39. The standard InChI is InChI=1S/C26H30N4O7S/c1-15-8-9-16(10-21(15)37-22-13-20(25(32)36-6)27-14-28-22)24(31)29-18-11-17(26(2,3)4)12-19(23(18)35-5)30-38(7,33)34/h8-14,30H,1-7H3,(H,29,31). The zero-order valence-corrected chi connectivity index (χ0v) is 23.0. The Hall–Kier alpha value is -4.19. The van der Waals surface area contributed by atoms with Crippen LogP contribution in [0, 0.1) is 6.92 Å². The van der Waals surface area contributed by atoms with Crippen LogP contribution in [0.3, 0.4) is 0 Å². The van der Waals surface area contributed by atoms with Crippen molar-refractivity contribution in [1.29, 1.82) is 0 Å². The van der Waals surface area contributed by atoms with Crippen LogP contribution in [0.25, 0.3) is 0 Å². The van der Waals surface area contributed by atoms with E-state index in [9.17, 15) is 18.0 Å². The number of hydrogen-bond donors (Lipinski definition) is 2. The van der Waals surface area contributed by atoms with Gasteiger partial charge >= 0.3 is 5.97 Å². The van der Waals surface area contributed by atoms with E-state index in [1.54, 1.807) is 31.2 Å². The predicted octanol–water partition coefficient (Wildman–Crippen LogP) is 4.29. The number of rotatable bonds is 8. The Balaban J connectivity index is 1.97. The number of ether oxygens (including phenoxy) is 3. The highest BCUT2D eigenvalue weighted by molar-refractivity contribution is 7.92. The molecule has 0 saturated heterocycles. The summed E-state index contributed by atoms with van der Waals surface area (Å²) in [7, 11) is -0.992. The van der Waals surface area contributed by atoms with E-state index in [-0.39, 0.29) is 39.7 Å². The number of aryl methyl sites for hydroxylation is 1. The van der Waals surface area contributed by atoms with Gasteiger partial charge in [-0.05, 0) is 47.7 Å². The molecule has 0 atom stereocenters. The summed E-state index contributed by atoms with van der Waals surface area (Å²) in [5.41, 5.74) is 1.91. The van der Waals surface area contributed by atoms with Gasteiger partial charge in [-0.1, -0.05) is 26.8 Å². The number of methoxy groups -OCH3 is 2. The van der Waals surface area contributed by atoms with Crippen LogP contribution in [0.1, 0.15) is 52.7 Å². The molecule has 1 amide bonds. The zero-order chi connectivity index (χ0) is 28.3. The van der Waals surface area contributed by atoms with E-state index in [2.05, 4.69) is 24.7 Å². The van der Waals surface area contributed by atoms with Crippen LogP contribution >= 0.6 is 0 Å². The minimum absolute atomic E-state index is 0.0217. The summed E-state index contributed by atoms with van der Waals surface area (Å²) in [4.78, 5) is 32.9. The van der Waals surface area contributed by atoms with Gasteiger partial charge in [0.2, 0.25) is 15.9 Å². The van der Waals surface area contributed by atoms with Crippen molar-refractivity contribution in [3.05, 3.63) is 65.1 Å². The molecular weight excluding hydrogens is 512 g/mol. The lowest BCUT2D eigenvalue weighted by Crippen LogP contribution is -2.18. The van der Waals surface area contributed by atoms with Crippen LogP contribution in [0.2, 0.25) is 0 Å². The van der Waals surface area contributed by atoms with Gasteiger partial charge in [-0.15, -0.1) is 0 Å². The van der Waals surface area contributed by atoms with Crippen molar-refractivity contribution >= 4 is 33.3 Å². The molecule has 2 aromatic carbocycles. The number of nitrogens with zero attached hydrogens (tertiary/aromatic N) is 2. The Kier molecular flexibility index (Phi) is 8.25. The molecular formula is C26H30N4O7S. The van der Waals surface area contributed by atoms with Crippen molar-refractivity contribution in [1.82, 2.24) is 9.97 Å². The molecule has 0 unspecified atom stereocenters. The van der Waals surface area contributed by atoms with Crippen LogP contribution < -0.4 is 19.5 Å². The van der Waals surface area contributed by atoms with Crippen molar-refractivity contribution in [3.8, 4) is 17.4 Å². The molecule has 0 bridgehead atoms. The summed E-state index contributed by atoms with van der Waals surface area (Å²) in [5.74, 6) is -0.531. The van der Waals surface area contributed by atoms with Crippen molar-refractivity contribution < 1.29 is 32.2 Å². The fourth-order valence-electron chi connectivity index (χ4n) is 3.42. The third-order valence-corrected chi connectivity index (χ3v) is 5.99. The number of benzene rings is 2. The number of esters is 1. The summed E-state index contributed by atoms with van der Waals surface area (Å²) in [5, 5.41) is 2.82. The van der Waals surface area contributed by atoms with E-state index in [0.29, 0.717) is 11.3 Å². The number of hydrogen-bond acceptors (Lipinski definition) is 9. The fraction of sp³-hybridized carbons (Fsp3) is 0.308. The first-order valence-electron chi connectivity index (χ1n) is 11.4. The number of aromatic nitrogens is 2. The number of anilines is 2. The lowest BCUT2D eigenvalue weighted by Gasteiger charge is -2.24. The summed E-state index contributed by atoms with van der Waals surface area (Å²) in [6, 6.07) is 9.60. The molecule has 0 saturated carbocycles. The van der Waals surface area contributed by atoms with Gasteiger partial charge in [0.1, 0.15) is 12.1 Å². The molecule has 0 aliphatic heterocycles. The molecule has 11 nitrogen and oxygen atoms in total. The first kappa shape index (κ1) is 28.4. The Labute approximate surface area is 221 Å². The van der Waals surface area contributed by atoms with E-state index in [4.69, 9.17) is 9.47 Å². The lowest BCUT2D eigenvalue weighted by molar-refractivity contribution is 0.0593. The molecule has 0 spiro atoms. The molecule has 12 heteroatoms. The zero-order valence-electron chi connectivity index (χ0n) is 22.2. The van der Waals surface area contributed by atoms with Gasteiger partial charge in [-0.3, -0.25) is 9.52 Å². The van der Waals surface area contributed by atoms with Crippen molar-refractivity contribution in [2.45, 2.75) is 33.1 Å². The summed E-state index contributed by atoms with van der Waals surface area (Å²) in [6.07, 6.45) is 2.21. The Morgan fingerprint density at radius 1 is 0.974 bits per heavy atom. The van der Waals surface area contributed by atoms with Gasteiger partial charge in [0.15, 0.2) is 11.4 Å². The summed E-state index contributed by atoms with van der Waals surface area (Å²) < 4.78 is 42.4. The molecule has 0 aliphatic rings. The fourth-order valence-corrected chi connectivity index (χ4v) is 3.97. The maximum atomic E-state index is 13.3. The van der Waals surface area contributed by atoms with E-state index in [0.717, 1.165) is 11.8 Å². The average molecular weight is 543 g/mol. The third kappa shape index (κ3) is 6.97. The van der Waals surface area contributed by atoms with Gasteiger partial charge in [-0.25, -0.2) is 23.2 Å². The average Bonchev–Trinajstić information content (AvgIpc) is 2.83. The number of nitrogens with one attached hydrogen (secondary N) is 2. The Morgan fingerprint density at radius 2 is 1.66 bits per heavy atom. The normalized spacial score (nSPS) is 11.4. The summed E-state index contributed by atoms with van der Waals surface area (Å²) >= 11 is 0. The van der Waals surface area contributed by atoms with Crippen LogP contribution in [0.4, 0.5) is 11.4 Å². The molecule has 3 aromatic rings. The molecule has 1 heterocycles. The lowest BCUT2D eigenvalue weighted by atomic mass is 9.86. The maximum absolute atomic E-state index is 13.3. The molecule has 3 rings (SSSR count). The Bertz CT molecular complexity index is 1480. The first-order chi connectivity index (χ1) is 17.7. The first-order valence-corrected chi connectivity index (χ1v) is 13.3. The minimum atomic E-state index is -3.62. The van der Waals surface area contributed by atoms with Crippen molar-refractivity contribution in [2.24, 2.45) is 0 Å². The van der Waals surface area contributed by atoms with Crippen molar-refractivity contribution in [3.63, 3.8) is 0 Å². The van der Waals surface area contributed by atoms with Gasteiger partial charge in [0.05, 0.1) is 31.9 Å². The van der Waals surface area contributed by atoms with Crippen LogP contribution in [0.5, 0.6) is 17.4 Å². The largest absolute Gasteiger partial charge is 0.492 e. The molecule has 2 N–H and O–H groups in total. The predicted molar refractivity (Wildman–Crippen MR) is 143 cm³/mol. The van der Waals surface area contributed by atoms with E-state index in [1.807, 2.05) is 20.8 Å². The number of carbonyl (C=O) groups excluding carboxylic acids is 2. The second-order valence-electron chi connectivity index (χ2n) is 9.50. The molecule has 0 aliphatic carbocycles. The summed E-state index contributed by atoms with van der Waals surface area (Å²) in [6.45, 7) is 7.69. The second-order valence-corrected chi connectivity index (χ2v) is 11.2. The number of sulfonamides is 1.